The van der Waals surface area contributed by atoms with Crippen molar-refractivity contribution >= 4 is 11.7 Å². The zero-order valence-electron chi connectivity index (χ0n) is 17.0. The molecule has 2 aromatic carbocycles. The van der Waals surface area contributed by atoms with Crippen molar-refractivity contribution in [1.29, 1.82) is 0 Å². The van der Waals surface area contributed by atoms with Gasteiger partial charge in [0.15, 0.2) is 5.82 Å². The van der Waals surface area contributed by atoms with Gasteiger partial charge in [0.25, 0.3) is 0 Å². The van der Waals surface area contributed by atoms with E-state index < -0.39 is 6.10 Å². The molecule has 5 heteroatoms. The lowest BCUT2D eigenvalue weighted by Gasteiger charge is -2.21. The molecule has 2 N–H and O–H groups in total. The second-order valence-corrected chi connectivity index (χ2v) is 7.92. The molecule has 1 saturated carbocycles. The van der Waals surface area contributed by atoms with Crippen LogP contribution in [0.5, 0.6) is 0 Å². The fraction of sp³-hybridized carbons (Fsp3) is 0.320. The van der Waals surface area contributed by atoms with Crippen molar-refractivity contribution in [2.75, 3.05) is 5.32 Å². The summed E-state index contributed by atoms with van der Waals surface area (Å²) in [5, 5.41) is 13.9. The highest BCUT2D eigenvalue weighted by Crippen LogP contribution is 2.30. The number of nitrogens with zero attached hydrogens (tertiary/aromatic N) is 2. The molecule has 1 fully saturated rings. The first-order valence-electron chi connectivity index (χ1n) is 10.7. The number of carbonyl (C=O) groups is 1. The molecule has 5 nitrogen and oxygen atoms in total. The molecule has 30 heavy (non-hydrogen) atoms. The Balaban J connectivity index is 1.62. The van der Waals surface area contributed by atoms with Gasteiger partial charge in [-0.05, 0) is 24.3 Å². The van der Waals surface area contributed by atoms with Gasteiger partial charge in [0.2, 0.25) is 5.91 Å². The van der Waals surface area contributed by atoms with Gasteiger partial charge in [0.1, 0.15) is 11.8 Å². The first kappa shape index (κ1) is 20.2. The van der Waals surface area contributed by atoms with E-state index in [4.69, 9.17) is 4.98 Å². The number of anilines is 1. The van der Waals surface area contributed by atoms with Crippen LogP contribution < -0.4 is 5.32 Å². The third kappa shape index (κ3) is 4.92. The van der Waals surface area contributed by atoms with Gasteiger partial charge < -0.3 is 10.4 Å². The molecular weight excluding hydrogens is 374 g/mol. The fourth-order valence-electron chi connectivity index (χ4n) is 4.07. The first-order valence-corrected chi connectivity index (χ1v) is 10.7. The number of hydrogen-bond acceptors (Lipinski definition) is 4. The summed E-state index contributed by atoms with van der Waals surface area (Å²) in [4.78, 5) is 21.9. The molecule has 1 atom stereocenters. The molecule has 1 amide bonds. The summed E-state index contributed by atoms with van der Waals surface area (Å²) in [5.74, 6) is 0.690. The van der Waals surface area contributed by atoms with Gasteiger partial charge in [-0.3, -0.25) is 4.79 Å². The second-order valence-electron chi connectivity index (χ2n) is 7.92. The highest BCUT2D eigenvalue weighted by molar-refractivity contribution is 5.90. The molecular formula is C25H27N3O2. The Morgan fingerprint density at radius 2 is 1.67 bits per heavy atom. The molecule has 0 aliphatic heterocycles. The Bertz CT molecular complexity index is 970. The van der Waals surface area contributed by atoms with Gasteiger partial charge in [-0.1, -0.05) is 79.9 Å². The van der Waals surface area contributed by atoms with Gasteiger partial charge >= 0.3 is 0 Å². The molecule has 154 valence electrons. The van der Waals surface area contributed by atoms with Crippen molar-refractivity contribution in [3.05, 3.63) is 78.1 Å². The van der Waals surface area contributed by atoms with E-state index in [1.54, 1.807) is 6.20 Å². The van der Waals surface area contributed by atoms with Gasteiger partial charge in [-0.2, -0.15) is 0 Å². The highest BCUT2D eigenvalue weighted by Gasteiger charge is 2.22. The van der Waals surface area contributed by atoms with E-state index in [0.717, 1.165) is 18.4 Å². The lowest BCUT2D eigenvalue weighted by atomic mass is 9.87. The van der Waals surface area contributed by atoms with Crippen molar-refractivity contribution in [2.45, 2.75) is 44.6 Å². The van der Waals surface area contributed by atoms with E-state index in [-0.39, 0.29) is 5.91 Å². The summed E-state index contributed by atoms with van der Waals surface area (Å²) < 4.78 is 0. The molecule has 0 radical (unpaired) electrons. The van der Waals surface area contributed by atoms with Crippen molar-refractivity contribution in [1.82, 2.24) is 9.97 Å². The average molecular weight is 402 g/mol. The van der Waals surface area contributed by atoms with Crippen LogP contribution in [0.4, 0.5) is 5.82 Å². The van der Waals surface area contributed by atoms with E-state index in [0.29, 0.717) is 35.1 Å². The topological polar surface area (TPSA) is 75.1 Å². The maximum atomic E-state index is 12.7. The normalized spacial score (nSPS) is 15.5. The minimum Gasteiger partial charge on any atom is -0.382 e. The Morgan fingerprint density at radius 3 is 2.37 bits per heavy atom. The fourth-order valence-corrected chi connectivity index (χ4v) is 4.07. The molecule has 4 rings (SSSR count). The van der Waals surface area contributed by atoms with Crippen molar-refractivity contribution in [3.63, 3.8) is 0 Å². The average Bonchev–Trinajstić information content (AvgIpc) is 2.80. The summed E-state index contributed by atoms with van der Waals surface area (Å²) in [6, 6.07) is 19.0. The lowest BCUT2D eigenvalue weighted by Crippen LogP contribution is -2.21. The Morgan fingerprint density at radius 1 is 1.00 bits per heavy atom. The third-order valence-electron chi connectivity index (χ3n) is 5.70. The Kier molecular flexibility index (Phi) is 6.50. The maximum Gasteiger partial charge on any atom is 0.225 e. The van der Waals surface area contributed by atoms with Crippen LogP contribution in [0, 0.1) is 5.92 Å². The number of nitrogens with one attached hydrogen (secondary N) is 1. The zero-order valence-corrected chi connectivity index (χ0v) is 17.0. The SMILES string of the molecule is O=C(CC1CCCCC1)Nc1ncc(-c2ccccc2)nc1C(O)c1ccccc1. The second kappa shape index (κ2) is 9.63. The zero-order chi connectivity index (χ0) is 20.8. The van der Waals surface area contributed by atoms with E-state index in [9.17, 15) is 9.90 Å². The van der Waals surface area contributed by atoms with Crippen LogP contribution in [0.3, 0.4) is 0 Å². The highest BCUT2D eigenvalue weighted by atomic mass is 16.3. The number of aliphatic hydroxyl groups is 1. The molecule has 1 aliphatic rings. The molecule has 1 heterocycles. The van der Waals surface area contributed by atoms with Crippen LogP contribution in [-0.4, -0.2) is 21.0 Å². The molecule has 3 aromatic rings. The minimum atomic E-state index is -0.979. The van der Waals surface area contributed by atoms with Crippen LogP contribution >= 0.6 is 0 Å². The van der Waals surface area contributed by atoms with Crippen LogP contribution in [-0.2, 0) is 4.79 Å². The van der Waals surface area contributed by atoms with Crippen molar-refractivity contribution in [2.24, 2.45) is 5.92 Å². The summed E-state index contributed by atoms with van der Waals surface area (Å²) >= 11 is 0. The Hall–Kier alpha value is -3.05. The standard InChI is InChI=1S/C25H27N3O2/c29-22(16-18-10-4-1-5-11-18)28-25-23(24(30)20-14-8-3-9-15-20)27-21(17-26-25)19-12-6-2-7-13-19/h2-3,6-9,12-15,17-18,24,30H,1,4-5,10-11,16H2,(H,26,28,29). The van der Waals surface area contributed by atoms with Crippen LogP contribution in [0.1, 0.15) is 55.9 Å². The lowest BCUT2D eigenvalue weighted by molar-refractivity contribution is -0.117. The molecule has 0 saturated heterocycles. The number of rotatable bonds is 6. The monoisotopic (exact) mass is 401 g/mol. The smallest absolute Gasteiger partial charge is 0.225 e. The molecule has 0 spiro atoms. The summed E-state index contributed by atoms with van der Waals surface area (Å²) in [7, 11) is 0. The first-order chi connectivity index (χ1) is 14.7. The molecule has 0 bridgehead atoms. The predicted molar refractivity (Wildman–Crippen MR) is 118 cm³/mol. The maximum absolute atomic E-state index is 12.7. The van der Waals surface area contributed by atoms with E-state index in [1.165, 1.54) is 19.3 Å². The summed E-state index contributed by atoms with van der Waals surface area (Å²) in [6.45, 7) is 0. The van der Waals surface area contributed by atoms with Crippen molar-refractivity contribution < 1.29 is 9.90 Å². The summed E-state index contributed by atoms with van der Waals surface area (Å²) in [6.07, 6.45) is 7.01. The van der Waals surface area contributed by atoms with Crippen molar-refractivity contribution in [3.8, 4) is 11.3 Å². The summed E-state index contributed by atoms with van der Waals surface area (Å²) in [5.41, 5.74) is 2.64. The third-order valence-corrected chi connectivity index (χ3v) is 5.70. The van der Waals surface area contributed by atoms with Gasteiger partial charge in [-0.15, -0.1) is 0 Å². The number of aromatic nitrogens is 2. The number of hydrogen-bond donors (Lipinski definition) is 2. The molecule has 1 aromatic heterocycles. The number of amides is 1. The minimum absolute atomic E-state index is 0.0647. The van der Waals surface area contributed by atoms with E-state index in [1.807, 2.05) is 60.7 Å². The molecule has 1 aliphatic carbocycles. The largest absolute Gasteiger partial charge is 0.382 e. The molecule has 1 unspecified atom stereocenters. The predicted octanol–water partition coefficient (Wildman–Crippen LogP) is 5.13. The van der Waals surface area contributed by atoms with Crippen LogP contribution in [0.25, 0.3) is 11.3 Å². The Labute approximate surface area is 177 Å². The van der Waals surface area contributed by atoms with Crippen LogP contribution in [0.15, 0.2) is 66.9 Å². The van der Waals surface area contributed by atoms with Gasteiger partial charge in [-0.25, -0.2) is 9.97 Å². The van der Waals surface area contributed by atoms with E-state index in [2.05, 4.69) is 10.3 Å². The van der Waals surface area contributed by atoms with E-state index >= 15 is 0 Å². The number of aliphatic hydroxyl groups excluding tert-OH is 1. The number of benzene rings is 2. The van der Waals surface area contributed by atoms with Gasteiger partial charge in [0, 0.05) is 12.0 Å². The quantitative estimate of drug-likeness (QED) is 0.600. The van der Waals surface area contributed by atoms with Crippen LogP contribution in [0.2, 0.25) is 0 Å². The van der Waals surface area contributed by atoms with Gasteiger partial charge in [0.05, 0.1) is 11.9 Å². The number of carbonyl (C=O) groups excluding carboxylic acids is 1.